The summed E-state index contributed by atoms with van der Waals surface area (Å²) in [6.07, 6.45) is 1.30. The summed E-state index contributed by atoms with van der Waals surface area (Å²) >= 11 is 0. The molecule has 2 atom stereocenters. The molecule has 104 valence electrons. The molecular weight excluding hydrogens is 270 g/mol. The van der Waals surface area contributed by atoms with Crippen LogP contribution < -0.4 is 0 Å². The van der Waals surface area contributed by atoms with Crippen molar-refractivity contribution in [2.75, 3.05) is 0 Å². The van der Waals surface area contributed by atoms with Gasteiger partial charge in [0, 0.05) is 18.8 Å². The van der Waals surface area contributed by atoms with Crippen molar-refractivity contribution in [2.45, 2.75) is 24.9 Å². The van der Waals surface area contributed by atoms with E-state index in [1.165, 1.54) is 0 Å². The van der Waals surface area contributed by atoms with Crippen LogP contribution in [-0.2, 0) is 35.0 Å². The molecule has 3 heterocycles. The lowest BCUT2D eigenvalue weighted by atomic mass is 10.0. The molecule has 0 radical (unpaired) electrons. The minimum absolute atomic E-state index is 0.0914. The van der Waals surface area contributed by atoms with Crippen molar-refractivity contribution in [3.05, 3.63) is 30.1 Å². The number of ether oxygens (including phenoxy) is 4. The summed E-state index contributed by atoms with van der Waals surface area (Å²) in [4.78, 5) is 37.6. The summed E-state index contributed by atoms with van der Waals surface area (Å²) in [6, 6.07) is 3.56. The molecule has 2 saturated heterocycles. The second-order valence-electron chi connectivity index (χ2n) is 4.27. The molecular formula is C12H9NO7. The molecule has 20 heavy (non-hydrogen) atoms. The Balaban J connectivity index is 1.79. The van der Waals surface area contributed by atoms with Crippen LogP contribution >= 0.6 is 0 Å². The smallest absolute Gasteiger partial charge is 0.408 e. The Bertz CT molecular complexity index is 572. The molecule has 0 aliphatic carbocycles. The highest BCUT2D eigenvalue weighted by molar-refractivity contribution is 6.30. The van der Waals surface area contributed by atoms with E-state index in [1.807, 2.05) is 6.07 Å². The van der Waals surface area contributed by atoms with Crippen LogP contribution in [0, 0.1) is 0 Å². The highest BCUT2D eigenvalue weighted by atomic mass is 16.9. The fourth-order valence-corrected chi connectivity index (χ4v) is 2.00. The van der Waals surface area contributed by atoms with Gasteiger partial charge in [-0.3, -0.25) is 4.98 Å². The third-order valence-corrected chi connectivity index (χ3v) is 2.95. The first-order valence-electron chi connectivity index (χ1n) is 5.81. The fraction of sp³-hybridized carbons (Fsp3) is 0.333. The van der Waals surface area contributed by atoms with Crippen molar-refractivity contribution in [3.8, 4) is 0 Å². The maximum absolute atomic E-state index is 11.3. The average Bonchev–Trinajstić information content (AvgIpc) is 2.74. The Labute approximate surface area is 112 Å². The maximum atomic E-state index is 11.3. The Morgan fingerprint density at radius 3 is 2.75 bits per heavy atom. The minimum atomic E-state index is -1.72. The van der Waals surface area contributed by atoms with Crippen LogP contribution in [0.2, 0.25) is 0 Å². The van der Waals surface area contributed by atoms with Crippen LogP contribution in [0.3, 0.4) is 0 Å². The van der Waals surface area contributed by atoms with Crippen molar-refractivity contribution >= 4 is 18.1 Å². The number of aromatic nitrogens is 1. The predicted octanol–water partition coefficient (Wildman–Crippen LogP) is 0.303. The van der Waals surface area contributed by atoms with Gasteiger partial charge in [-0.25, -0.2) is 14.4 Å². The largest absolute Gasteiger partial charge is 0.515 e. The van der Waals surface area contributed by atoms with E-state index >= 15 is 0 Å². The van der Waals surface area contributed by atoms with Gasteiger partial charge < -0.3 is 18.9 Å². The highest BCUT2D eigenvalue weighted by Crippen LogP contribution is 2.36. The van der Waals surface area contributed by atoms with Crippen LogP contribution in [0.25, 0.3) is 0 Å². The molecule has 0 bridgehead atoms. The molecule has 0 saturated carbocycles. The van der Waals surface area contributed by atoms with Crippen molar-refractivity contribution in [2.24, 2.45) is 0 Å². The van der Waals surface area contributed by atoms with E-state index in [0.717, 1.165) is 5.56 Å². The Kier molecular flexibility index (Phi) is 2.78. The summed E-state index contributed by atoms with van der Waals surface area (Å²) in [6.45, 7) is 0. The van der Waals surface area contributed by atoms with Gasteiger partial charge in [0.1, 0.15) is 0 Å². The van der Waals surface area contributed by atoms with Crippen molar-refractivity contribution in [3.63, 3.8) is 0 Å². The normalized spacial score (nSPS) is 28.0. The lowest BCUT2D eigenvalue weighted by Crippen LogP contribution is -2.53. The Morgan fingerprint density at radius 2 is 2.00 bits per heavy atom. The van der Waals surface area contributed by atoms with Gasteiger partial charge in [0.2, 0.25) is 0 Å². The third-order valence-electron chi connectivity index (χ3n) is 2.95. The first-order chi connectivity index (χ1) is 9.59. The third kappa shape index (κ3) is 2.04. The van der Waals surface area contributed by atoms with Crippen LogP contribution in [0.4, 0.5) is 4.79 Å². The summed E-state index contributed by atoms with van der Waals surface area (Å²) < 4.78 is 19.2. The first kappa shape index (κ1) is 12.4. The molecule has 0 N–H and O–H groups in total. The van der Waals surface area contributed by atoms with Gasteiger partial charge in [-0.1, -0.05) is 6.07 Å². The zero-order chi connectivity index (χ0) is 14.2. The number of pyridine rings is 1. The van der Waals surface area contributed by atoms with Crippen molar-refractivity contribution < 1.29 is 33.3 Å². The molecule has 1 aromatic heterocycles. The molecule has 8 heteroatoms. The molecule has 2 aliphatic heterocycles. The van der Waals surface area contributed by atoms with Crippen molar-refractivity contribution in [1.29, 1.82) is 0 Å². The van der Waals surface area contributed by atoms with E-state index in [9.17, 15) is 14.4 Å². The monoisotopic (exact) mass is 279 g/mol. The predicted molar refractivity (Wildman–Crippen MR) is 58.8 cm³/mol. The molecule has 1 aromatic rings. The number of rotatable bonds is 3. The number of esters is 2. The Morgan fingerprint density at radius 1 is 1.15 bits per heavy atom. The number of fused-ring (bicyclic) bond motifs is 1. The molecule has 8 nitrogen and oxygen atoms in total. The molecule has 0 aromatic carbocycles. The summed E-state index contributed by atoms with van der Waals surface area (Å²) in [5, 5.41) is 0. The van der Waals surface area contributed by atoms with Crippen LogP contribution in [0.1, 0.15) is 12.0 Å². The van der Waals surface area contributed by atoms with Gasteiger partial charge in [-0.15, -0.1) is 0 Å². The summed E-state index contributed by atoms with van der Waals surface area (Å²) in [5.41, 5.74) is 0.844. The number of carbonyl (C=O) groups excluding carboxylic acids is 3. The van der Waals surface area contributed by atoms with E-state index in [1.54, 1.807) is 18.5 Å². The molecule has 0 spiro atoms. The van der Waals surface area contributed by atoms with Gasteiger partial charge >= 0.3 is 30.2 Å². The van der Waals surface area contributed by atoms with E-state index in [0.29, 0.717) is 6.42 Å². The fourth-order valence-electron chi connectivity index (χ4n) is 2.00. The molecule has 3 rings (SSSR count). The molecule has 2 unspecified atom stereocenters. The van der Waals surface area contributed by atoms with Crippen LogP contribution in [0.15, 0.2) is 24.5 Å². The Hall–Kier alpha value is -2.64. The SMILES string of the molecule is O=C1OC2OC(=O)C(=O)OC2(CCc2cccnc2)O1. The zero-order valence-corrected chi connectivity index (χ0v) is 10.1. The van der Waals surface area contributed by atoms with Crippen LogP contribution in [-0.4, -0.2) is 35.2 Å². The van der Waals surface area contributed by atoms with Gasteiger partial charge in [-0.2, -0.15) is 0 Å². The number of aryl methyl sites for hydroxylation is 1. The lowest BCUT2D eigenvalue weighted by molar-refractivity contribution is -0.277. The van der Waals surface area contributed by atoms with Gasteiger partial charge in [0.05, 0.1) is 0 Å². The lowest BCUT2D eigenvalue weighted by Gasteiger charge is -2.32. The first-order valence-corrected chi connectivity index (χ1v) is 5.81. The van der Waals surface area contributed by atoms with Crippen molar-refractivity contribution in [1.82, 2.24) is 4.98 Å². The summed E-state index contributed by atoms with van der Waals surface area (Å²) in [7, 11) is 0. The average molecular weight is 279 g/mol. The second-order valence-corrected chi connectivity index (χ2v) is 4.27. The number of hydrogen-bond donors (Lipinski definition) is 0. The van der Waals surface area contributed by atoms with E-state index in [-0.39, 0.29) is 6.42 Å². The molecule has 2 aliphatic rings. The van der Waals surface area contributed by atoms with E-state index < -0.39 is 30.2 Å². The molecule has 0 amide bonds. The molecule has 2 fully saturated rings. The van der Waals surface area contributed by atoms with Gasteiger partial charge in [-0.05, 0) is 18.1 Å². The minimum Gasteiger partial charge on any atom is -0.408 e. The summed E-state index contributed by atoms with van der Waals surface area (Å²) in [5.74, 6) is -4.16. The van der Waals surface area contributed by atoms with Gasteiger partial charge in [0.25, 0.3) is 0 Å². The number of carbonyl (C=O) groups is 3. The van der Waals surface area contributed by atoms with E-state index in [2.05, 4.69) is 14.5 Å². The second kappa shape index (κ2) is 4.48. The topological polar surface area (TPSA) is 101 Å². The quantitative estimate of drug-likeness (QED) is 0.575. The maximum Gasteiger partial charge on any atom is 0.515 e. The van der Waals surface area contributed by atoms with E-state index in [4.69, 9.17) is 9.47 Å². The number of nitrogens with zero attached hydrogens (tertiary/aromatic N) is 1. The van der Waals surface area contributed by atoms with Gasteiger partial charge in [0.15, 0.2) is 0 Å². The zero-order valence-electron chi connectivity index (χ0n) is 10.1. The highest BCUT2D eigenvalue weighted by Gasteiger charge is 2.61. The van der Waals surface area contributed by atoms with Crippen LogP contribution in [0.5, 0.6) is 0 Å². The number of hydrogen-bond acceptors (Lipinski definition) is 8. The standard InChI is InChI=1S/C12H9NO7/c14-8-9(15)19-12(10(17-8)18-11(16)20-12)4-3-7-2-1-5-13-6-7/h1-2,5-6,10H,3-4H2.